The molecule has 9 heteroatoms. The number of hydrogen-bond acceptors (Lipinski definition) is 7. The van der Waals surface area contributed by atoms with Crippen LogP contribution in [0.15, 0.2) is 71.9 Å². The van der Waals surface area contributed by atoms with Crippen molar-refractivity contribution >= 4 is 34.9 Å². The molecule has 0 aliphatic heterocycles. The van der Waals surface area contributed by atoms with Crippen LogP contribution in [-0.4, -0.2) is 42.9 Å². The lowest BCUT2D eigenvalue weighted by atomic mass is 9.84. The Labute approximate surface area is 199 Å². The molecule has 1 aliphatic rings. The van der Waals surface area contributed by atoms with Crippen LogP contribution < -0.4 is 5.32 Å². The zero-order valence-electron chi connectivity index (χ0n) is 18.4. The van der Waals surface area contributed by atoms with Gasteiger partial charge in [0.1, 0.15) is 0 Å². The summed E-state index contributed by atoms with van der Waals surface area (Å²) in [6.45, 7) is 3.74. The monoisotopic (exact) mass is 469 g/mol. The summed E-state index contributed by atoms with van der Waals surface area (Å²) in [4.78, 5) is 38.6. The number of aromatic nitrogens is 4. The summed E-state index contributed by atoms with van der Waals surface area (Å²) in [7, 11) is 0. The van der Waals surface area contributed by atoms with Crippen molar-refractivity contribution in [2.24, 2.45) is 0 Å². The third-order valence-corrected chi connectivity index (χ3v) is 6.60. The second-order valence-electron chi connectivity index (χ2n) is 7.92. The van der Waals surface area contributed by atoms with Crippen molar-refractivity contribution in [3.05, 3.63) is 94.5 Å². The van der Waals surface area contributed by atoms with Crippen molar-refractivity contribution in [3.8, 4) is 5.69 Å². The van der Waals surface area contributed by atoms with Crippen LogP contribution in [0.5, 0.6) is 0 Å². The number of carbonyl (C=O) groups is 3. The molecule has 1 heterocycles. The summed E-state index contributed by atoms with van der Waals surface area (Å²) in [5.74, 6) is -0.714. The summed E-state index contributed by atoms with van der Waals surface area (Å²) >= 11 is 1.22. The molecule has 0 saturated carbocycles. The van der Waals surface area contributed by atoms with Gasteiger partial charge in [0.05, 0.1) is 10.9 Å². The first kappa shape index (κ1) is 21.7. The molecule has 0 fully saturated rings. The van der Waals surface area contributed by atoms with Crippen molar-refractivity contribution in [1.29, 1.82) is 0 Å². The van der Waals surface area contributed by atoms with Crippen molar-refractivity contribution in [2.75, 3.05) is 5.32 Å². The number of fused-ring (bicyclic) bond motifs is 2. The SMILES string of the molecule is Cc1ccc(-n2nnnc2SC(C)C(=O)Nc2ccc3c(c2)C(=O)c2ccccc2C3=O)cc1. The number of benzene rings is 3. The van der Waals surface area contributed by atoms with E-state index in [1.54, 1.807) is 54.1 Å². The zero-order chi connectivity index (χ0) is 23.8. The molecule has 1 aliphatic carbocycles. The average Bonchev–Trinajstić information content (AvgIpc) is 3.31. The number of ketones is 2. The van der Waals surface area contributed by atoms with E-state index in [0.717, 1.165) is 11.3 Å². The molecule has 1 amide bonds. The molecule has 1 atom stereocenters. The van der Waals surface area contributed by atoms with E-state index in [9.17, 15) is 14.4 Å². The van der Waals surface area contributed by atoms with Gasteiger partial charge in [-0.25, -0.2) is 0 Å². The molecule has 5 rings (SSSR count). The lowest BCUT2D eigenvalue weighted by molar-refractivity contribution is -0.115. The summed E-state index contributed by atoms with van der Waals surface area (Å²) in [6, 6.07) is 19.2. The van der Waals surface area contributed by atoms with Crippen LogP contribution in [0.1, 0.15) is 44.3 Å². The van der Waals surface area contributed by atoms with Crippen LogP contribution in [0.3, 0.4) is 0 Å². The Morgan fingerprint density at radius 1 is 0.912 bits per heavy atom. The van der Waals surface area contributed by atoms with Gasteiger partial charge in [-0.1, -0.05) is 53.7 Å². The molecule has 1 aromatic heterocycles. The Bertz CT molecular complexity index is 1450. The van der Waals surface area contributed by atoms with E-state index < -0.39 is 5.25 Å². The smallest absolute Gasteiger partial charge is 0.237 e. The highest BCUT2D eigenvalue weighted by Crippen LogP contribution is 2.30. The highest BCUT2D eigenvalue weighted by molar-refractivity contribution is 8.00. The average molecular weight is 470 g/mol. The minimum Gasteiger partial charge on any atom is -0.325 e. The standard InChI is InChI=1S/C25H19N5O3S/c1-14-7-10-17(11-8-14)30-25(27-28-29-30)34-15(2)24(33)26-16-9-12-20-21(13-16)23(32)19-6-4-3-5-18(19)22(20)31/h3-13,15H,1-2H3,(H,26,33). The number of nitrogens with one attached hydrogen (secondary N) is 1. The van der Waals surface area contributed by atoms with E-state index >= 15 is 0 Å². The van der Waals surface area contributed by atoms with E-state index in [2.05, 4.69) is 20.8 Å². The van der Waals surface area contributed by atoms with Crippen LogP contribution in [0.25, 0.3) is 5.69 Å². The van der Waals surface area contributed by atoms with Gasteiger partial charge in [-0.05, 0) is 54.6 Å². The third-order valence-electron chi connectivity index (χ3n) is 5.56. The molecule has 3 aromatic carbocycles. The summed E-state index contributed by atoms with van der Waals surface area (Å²) in [6.07, 6.45) is 0. The van der Waals surface area contributed by atoms with E-state index in [1.807, 2.05) is 31.2 Å². The van der Waals surface area contributed by atoms with Crippen molar-refractivity contribution in [1.82, 2.24) is 20.2 Å². The van der Waals surface area contributed by atoms with E-state index in [1.165, 1.54) is 11.8 Å². The second-order valence-corrected chi connectivity index (χ2v) is 9.23. The van der Waals surface area contributed by atoms with E-state index in [-0.39, 0.29) is 23.0 Å². The Morgan fingerprint density at radius 2 is 1.56 bits per heavy atom. The number of thioether (sulfide) groups is 1. The predicted molar refractivity (Wildman–Crippen MR) is 128 cm³/mol. The predicted octanol–water partition coefficient (Wildman–Crippen LogP) is 3.87. The first-order chi connectivity index (χ1) is 16.4. The first-order valence-corrected chi connectivity index (χ1v) is 11.5. The highest BCUT2D eigenvalue weighted by atomic mass is 32.2. The van der Waals surface area contributed by atoms with Gasteiger partial charge < -0.3 is 5.32 Å². The van der Waals surface area contributed by atoms with E-state index in [0.29, 0.717) is 27.5 Å². The number of hydrogen-bond donors (Lipinski definition) is 1. The molecule has 0 bridgehead atoms. The van der Waals surface area contributed by atoms with Gasteiger partial charge in [0.15, 0.2) is 11.6 Å². The lowest BCUT2D eigenvalue weighted by Gasteiger charge is -2.18. The minimum absolute atomic E-state index is 0.199. The number of amides is 1. The molecule has 0 radical (unpaired) electrons. The number of tetrazole rings is 1. The van der Waals surface area contributed by atoms with Crippen molar-refractivity contribution in [2.45, 2.75) is 24.3 Å². The lowest BCUT2D eigenvalue weighted by Crippen LogP contribution is -2.24. The number of carbonyl (C=O) groups excluding carboxylic acids is 3. The molecular formula is C25H19N5O3S. The van der Waals surface area contributed by atoms with Gasteiger partial charge >= 0.3 is 0 Å². The summed E-state index contributed by atoms with van der Waals surface area (Å²) in [5, 5.41) is 14.6. The first-order valence-electron chi connectivity index (χ1n) is 10.6. The fourth-order valence-electron chi connectivity index (χ4n) is 3.73. The molecule has 34 heavy (non-hydrogen) atoms. The van der Waals surface area contributed by atoms with Gasteiger partial charge in [0, 0.05) is 27.9 Å². The fourth-order valence-corrected chi connectivity index (χ4v) is 4.54. The van der Waals surface area contributed by atoms with Crippen LogP contribution in [0.2, 0.25) is 0 Å². The molecule has 0 spiro atoms. The summed E-state index contributed by atoms with van der Waals surface area (Å²) in [5.41, 5.74) is 3.74. The van der Waals surface area contributed by atoms with Crippen LogP contribution in [0, 0.1) is 6.92 Å². The molecule has 4 aromatic rings. The Hall–Kier alpha value is -4.11. The Morgan fingerprint density at radius 3 is 2.26 bits per heavy atom. The number of anilines is 1. The van der Waals surface area contributed by atoms with Gasteiger partial charge in [-0.3, -0.25) is 14.4 Å². The van der Waals surface area contributed by atoms with Crippen LogP contribution >= 0.6 is 11.8 Å². The maximum absolute atomic E-state index is 12.9. The molecule has 8 nitrogen and oxygen atoms in total. The highest BCUT2D eigenvalue weighted by Gasteiger charge is 2.29. The largest absolute Gasteiger partial charge is 0.325 e. The molecule has 1 unspecified atom stereocenters. The third kappa shape index (κ3) is 3.90. The zero-order valence-corrected chi connectivity index (χ0v) is 19.2. The van der Waals surface area contributed by atoms with Crippen molar-refractivity contribution in [3.63, 3.8) is 0 Å². The van der Waals surface area contributed by atoms with Gasteiger partial charge in [0.2, 0.25) is 11.1 Å². The van der Waals surface area contributed by atoms with E-state index in [4.69, 9.17) is 0 Å². The molecule has 168 valence electrons. The quantitative estimate of drug-likeness (QED) is 0.390. The summed E-state index contributed by atoms with van der Waals surface area (Å²) < 4.78 is 1.58. The molecule has 1 N–H and O–H groups in total. The van der Waals surface area contributed by atoms with Crippen LogP contribution in [0.4, 0.5) is 5.69 Å². The van der Waals surface area contributed by atoms with Crippen molar-refractivity contribution < 1.29 is 14.4 Å². The number of nitrogens with zero attached hydrogens (tertiary/aromatic N) is 4. The maximum atomic E-state index is 12.9. The Kier molecular flexibility index (Phi) is 5.54. The minimum atomic E-state index is -0.524. The normalized spacial score (nSPS) is 13.2. The van der Waals surface area contributed by atoms with Gasteiger partial charge in [-0.2, -0.15) is 4.68 Å². The maximum Gasteiger partial charge on any atom is 0.237 e. The van der Waals surface area contributed by atoms with Gasteiger partial charge in [0.25, 0.3) is 0 Å². The molecule has 0 saturated heterocycles. The van der Waals surface area contributed by atoms with Gasteiger partial charge in [-0.15, -0.1) is 5.10 Å². The topological polar surface area (TPSA) is 107 Å². The second kappa shape index (κ2) is 8.68. The number of rotatable bonds is 5. The Balaban J connectivity index is 1.33. The van der Waals surface area contributed by atoms with Crippen LogP contribution in [-0.2, 0) is 4.79 Å². The molecular weight excluding hydrogens is 450 g/mol. The number of aryl methyl sites for hydroxylation is 1. The fraction of sp³-hybridized carbons (Fsp3) is 0.120.